The summed E-state index contributed by atoms with van der Waals surface area (Å²) in [6.07, 6.45) is 1.06. The summed E-state index contributed by atoms with van der Waals surface area (Å²) < 4.78 is 31.7. The fourth-order valence-electron chi connectivity index (χ4n) is 3.13. The van der Waals surface area contributed by atoms with Crippen molar-refractivity contribution in [3.8, 4) is 0 Å². The molecule has 0 spiro atoms. The number of hydrogen-bond acceptors (Lipinski definition) is 6. The minimum absolute atomic E-state index is 0.657. The fourth-order valence-corrected chi connectivity index (χ4v) is 5.26. The highest BCUT2D eigenvalue weighted by atomic mass is 32.2. The number of aliphatic carboxylic acids is 1. The second-order valence-electron chi connectivity index (χ2n) is 6.71. The van der Waals surface area contributed by atoms with Gasteiger partial charge in [0, 0.05) is 10.6 Å². The first-order valence-electron chi connectivity index (χ1n) is 9.30. The number of aromatic nitrogens is 2. The number of thioether (sulfide) groups is 1. The van der Waals surface area contributed by atoms with Crippen molar-refractivity contribution in [2.45, 2.75) is 49.2 Å². The third-order valence-electron chi connectivity index (χ3n) is 4.53. The topological polar surface area (TPSA) is 89.1 Å². The molecule has 0 saturated carbocycles. The molecular weight excluding hydrogens is 435 g/mol. The second-order valence-corrected chi connectivity index (χ2v) is 8.74. The van der Waals surface area contributed by atoms with Crippen LogP contribution < -0.4 is 5.73 Å². The summed E-state index contributed by atoms with van der Waals surface area (Å²) in [5.74, 6) is -1.23. The van der Waals surface area contributed by atoms with E-state index in [1.54, 1.807) is 11.8 Å². The smallest absolute Gasteiger partial charge is 0.475 e. The summed E-state index contributed by atoms with van der Waals surface area (Å²) in [6, 6.07) is 10.4. The van der Waals surface area contributed by atoms with E-state index in [0.717, 1.165) is 27.5 Å². The lowest BCUT2D eigenvalue weighted by molar-refractivity contribution is -0.192. The number of carboxylic acid groups (broad SMARTS) is 1. The predicted octanol–water partition coefficient (Wildman–Crippen LogP) is 5.47. The normalized spacial score (nSPS) is 13.8. The number of fused-ring (bicyclic) bond motifs is 3. The van der Waals surface area contributed by atoms with E-state index in [1.807, 2.05) is 17.4 Å². The summed E-state index contributed by atoms with van der Waals surface area (Å²) in [5, 5.41) is 9.03. The molecule has 0 atom stereocenters. The van der Waals surface area contributed by atoms with Crippen LogP contribution in [0, 0.1) is 0 Å². The Kier molecular flexibility index (Phi) is 7.19. The Labute approximate surface area is 179 Å². The molecule has 3 N–H and O–H groups in total. The van der Waals surface area contributed by atoms with Crippen molar-refractivity contribution in [2.75, 3.05) is 5.73 Å². The highest BCUT2D eigenvalue weighted by molar-refractivity contribution is 7.98. The van der Waals surface area contributed by atoms with Gasteiger partial charge >= 0.3 is 12.1 Å². The van der Waals surface area contributed by atoms with Gasteiger partial charge in [-0.05, 0) is 36.8 Å². The van der Waals surface area contributed by atoms with Crippen LogP contribution in [0.2, 0.25) is 0 Å². The maximum absolute atomic E-state index is 10.6. The number of carbonyl (C=O) groups is 1. The van der Waals surface area contributed by atoms with Crippen molar-refractivity contribution in [1.29, 1.82) is 0 Å². The zero-order valence-corrected chi connectivity index (χ0v) is 17.5. The highest BCUT2D eigenvalue weighted by Gasteiger charge is 2.38. The van der Waals surface area contributed by atoms with Crippen molar-refractivity contribution in [2.24, 2.45) is 0 Å². The van der Waals surface area contributed by atoms with E-state index in [2.05, 4.69) is 29.2 Å². The molecule has 0 amide bonds. The van der Waals surface area contributed by atoms with Gasteiger partial charge in [-0.1, -0.05) is 48.5 Å². The first kappa shape index (κ1) is 22.4. The fraction of sp³-hybridized carbons (Fsp3) is 0.350. The van der Waals surface area contributed by atoms with Gasteiger partial charge in [0.1, 0.15) is 10.6 Å². The molecule has 0 saturated heterocycles. The number of halogens is 3. The maximum atomic E-state index is 10.6. The number of alkyl halides is 3. The Morgan fingerprint density at radius 1 is 1.13 bits per heavy atom. The molecule has 0 radical (unpaired) electrons. The first-order valence-corrected chi connectivity index (χ1v) is 11.1. The lowest BCUT2D eigenvalue weighted by atomic mass is 10.1. The number of carboxylic acids is 1. The molecule has 4 rings (SSSR count). The second kappa shape index (κ2) is 9.65. The van der Waals surface area contributed by atoms with Crippen LogP contribution in [-0.2, 0) is 23.4 Å². The van der Waals surface area contributed by atoms with Crippen LogP contribution in [0.3, 0.4) is 0 Å². The van der Waals surface area contributed by atoms with Crippen LogP contribution in [0.5, 0.6) is 0 Å². The number of nitrogen functional groups attached to an aromatic ring is 1. The largest absolute Gasteiger partial charge is 0.490 e. The molecule has 160 valence electrons. The highest BCUT2D eigenvalue weighted by Crippen LogP contribution is 2.38. The average molecular weight is 456 g/mol. The monoisotopic (exact) mass is 455 g/mol. The Balaban J connectivity index is 0.000000318. The van der Waals surface area contributed by atoms with Gasteiger partial charge in [-0.2, -0.15) is 13.2 Å². The van der Waals surface area contributed by atoms with E-state index in [0.29, 0.717) is 5.82 Å². The maximum Gasteiger partial charge on any atom is 0.490 e. The molecule has 1 aliphatic carbocycles. The standard InChI is InChI=1S/C18H19N3S2.C2HF3O2/c19-16-15-13-9-5-2-6-10-14(13)23-17(15)21-18(20-16)22-11-12-7-3-1-4-8-12;3-2(4,5)1(6)7/h1,3-4,7-8H,2,5-6,9-11H2,(H2,19,20,21);(H,6,7). The van der Waals surface area contributed by atoms with Crippen molar-refractivity contribution in [1.82, 2.24) is 9.97 Å². The van der Waals surface area contributed by atoms with Crippen molar-refractivity contribution in [3.05, 3.63) is 46.3 Å². The summed E-state index contributed by atoms with van der Waals surface area (Å²) in [6.45, 7) is 0. The van der Waals surface area contributed by atoms with E-state index in [9.17, 15) is 13.2 Å². The van der Waals surface area contributed by atoms with Crippen LogP contribution in [0.25, 0.3) is 10.2 Å². The lowest BCUT2D eigenvalue weighted by Crippen LogP contribution is -2.21. The number of thiophene rings is 1. The van der Waals surface area contributed by atoms with Gasteiger partial charge in [-0.3, -0.25) is 0 Å². The van der Waals surface area contributed by atoms with Crippen LogP contribution in [0.4, 0.5) is 19.0 Å². The Morgan fingerprint density at radius 3 is 2.47 bits per heavy atom. The van der Waals surface area contributed by atoms with Crippen molar-refractivity contribution in [3.63, 3.8) is 0 Å². The summed E-state index contributed by atoms with van der Waals surface area (Å²) in [4.78, 5) is 20.8. The van der Waals surface area contributed by atoms with Gasteiger partial charge in [0.2, 0.25) is 0 Å². The SMILES string of the molecule is Nc1nc(SCc2ccccc2)nc2sc3c(c12)CCCCC3.O=C(O)C(F)(F)F. The van der Waals surface area contributed by atoms with Crippen LogP contribution in [-0.4, -0.2) is 27.2 Å². The summed E-state index contributed by atoms with van der Waals surface area (Å²) in [7, 11) is 0. The molecule has 30 heavy (non-hydrogen) atoms. The predicted molar refractivity (Wildman–Crippen MR) is 113 cm³/mol. The van der Waals surface area contributed by atoms with Crippen LogP contribution >= 0.6 is 23.1 Å². The number of benzene rings is 1. The van der Waals surface area contributed by atoms with Gasteiger partial charge in [-0.15, -0.1) is 11.3 Å². The summed E-state index contributed by atoms with van der Waals surface area (Å²) >= 11 is 3.48. The zero-order valence-electron chi connectivity index (χ0n) is 15.9. The molecule has 10 heteroatoms. The number of rotatable bonds is 3. The lowest BCUT2D eigenvalue weighted by Gasteiger charge is -2.04. The molecule has 5 nitrogen and oxygen atoms in total. The minimum atomic E-state index is -5.08. The van der Waals surface area contributed by atoms with Crippen LogP contribution in [0.1, 0.15) is 35.3 Å². The minimum Gasteiger partial charge on any atom is -0.475 e. The van der Waals surface area contributed by atoms with E-state index in [1.165, 1.54) is 41.7 Å². The number of nitrogens with zero attached hydrogens (tertiary/aromatic N) is 2. The molecule has 2 heterocycles. The van der Waals surface area contributed by atoms with Gasteiger partial charge in [0.05, 0.1) is 5.39 Å². The number of nitrogens with two attached hydrogens (primary N) is 1. The molecular formula is C20H20F3N3O2S2. The zero-order chi connectivity index (χ0) is 21.7. The van der Waals surface area contributed by atoms with Crippen molar-refractivity contribution >= 4 is 45.1 Å². The molecule has 3 aromatic rings. The third kappa shape index (κ3) is 5.63. The number of anilines is 1. The molecule has 0 bridgehead atoms. The van der Waals surface area contributed by atoms with Gasteiger partial charge < -0.3 is 10.8 Å². The molecule has 0 aliphatic heterocycles. The Hall–Kier alpha value is -2.33. The quantitative estimate of drug-likeness (QED) is 0.309. The average Bonchev–Trinajstić information content (AvgIpc) is 2.89. The van der Waals surface area contributed by atoms with Gasteiger partial charge in [0.25, 0.3) is 0 Å². The Morgan fingerprint density at radius 2 is 1.80 bits per heavy atom. The molecule has 1 aliphatic rings. The molecule has 0 fully saturated rings. The van der Waals surface area contributed by atoms with Crippen LogP contribution in [0.15, 0.2) is 35.5 Å². The van der Waals surface area contributed by atoms with E-state index < -0.39 is 12.1 Å². The summed E-state index contributed by atoms with van der Waals surface area (Å²) in [5.41, 5.74) is 8.98. The van der Waals surface area contributed by atoms with E-state index in [-0.39, 0.29) is 0 Å². The molecule has 0 unspecified atom stereocenters. The molecule has 1 aromatic carbocycles. The number of hydrogen-bond donors (Lipinski definition) is 2. The molecule has 2 aromatic heterocycles. The van der Waals surface area contributed by atoms with Gasteiger partial charge in [0.15, 0.2) is 5.16 Å². The Bertz CT molecular complexity index is 1020. The van der Waals surface area contributed by atoms with E-state index in [4.69, 9.17) is 20.6 Å². The van der Waals surface area contributed by atoms with E-state index >= 15 is 0 Å². The number of aryl methyl sites for hydroxylation is 2. The van der Waals surface area contributed by atoms with Crippen molar-refractivity contribution < 1.29 is 23.1 Å². The third-order valence-corrected chi connectivity index (χ3v) is 6.63. The first-order chi connectivity index (χ1) is 14.3. The van der Waals surface area contributed by atoms with Gasteiger partial charge in [-0.25, -0.2) is 14.8 Å².